The van der Waals surface area contributed by atoms with E-state index in [4.69, 9.17) is 0 Å². The molecule has 0 saturated carbocycles. The van der Waals surface area contributed by atoms with Gasteiger partial charge < -0.3 is 5.32 Å². The van der Waals surface area contributed by atoms with Gasteiger partial charge in [0, 0.05) is 6.20 Å². The van der Waals surface area contributed by atoms with Crippen molar-refractivity contribution < 1.29 is 8.78 Å². The molecule has 0 spiro atoms. The van der Waals surface area contributed by atoms with E-state index in [0.29, 0.717) is 0 Å². The Bertz CT molecular complexity index is 236. The molecule has 0 radical (unpaired) electrons. The predicted molar refractivity (Wildman–Crippen MR) is 42.1 cm³/mol. The minimum absolute atomic E-state index is 0.195. The highest BCUT2D eigenvalue weighted by molar-refractivity contribution is 5.10. The van der Waals surface area contributed by atoms with Crippen molar-refractivity contribution in [2.75, 3.05) is 13.6 Å². The van der Waals surface area contributed by atoms with Crippen LogP contribution in [0.3, 0.4) is 0 Å². The quantitative estimate of drug-likeness (QED) is 0.745. The lowest BCUT2D eigenvalue weighted by atomic mass is 10.2. The SMILES string of the molecule is CNCC(F)(F)c1ccccn1. The molecule has 2 nitrogen and oxygen atoms in total. The number of hydrogen-bond donors (Lipinski definition) is 1. The summed E-state index contributed by atoms with van der Waals surface area (Å²) in [5.41, 5.74) is -0.195. The second-order valence-corrected chi connectivity index (χ2v) is 2.45. The normalized spacial score (nSPS) is 11.6. The van der Waals surface area contributed by atoms with Crippen LogP contribution >= 0.6 is 0 Å². The Morgan fingerprint density at radius 1 is 1.50 bits per heavy atom. The molecular weight excluding hydrogens is 162 g/mol. The van der Waals surface area contributed by atoms with Crippen molar-refractivity contribution in [3.05, 3.63) is 30.1 Å². The predicted octanol–water partition coefficient (Wildman–Crippen LogP) is 1.39. The van der Waals surface area contributed by atoms with Gasteiger partial charge in [-0.15, -0.1) is 0 Å². The van der Waals surface area contributed by atoms with Crippen LogP contribution in [0.4, 0.5) is 8.78 Å². The third-order valence-corrected chi connectivity index (χ3v) is 1.44. The number of halogens is 2. The Morgan fingerprint density at radius 3 is 2.75 bits per heavy atom. The third kappa shape index (κ3) is 1.98. The molecule has 4 heteroatoms. The summed E-state index contributed by atoms with van der Waals surface area (Å²) in [5.74, 6) is -2.88. The van der Waals surface area contributed by atoms with Gasteiger partial charge in [-0.2, -0.15) is 8.78 Å². The van der Waals surface area contributed by atoms with Gasteiger partial charge in [0.15, 0.2) is 0 Å². The Kier molecular flexibility index (Phi) is 2.70. The van der Waals surface area contributed by atoms with Crippen LogP contribution in [0.15, 0.2) is 24.4 Å². The maximum absolute atomic E-state index is 13.0. The topological polar surface area (TPSA) is 24.9 Å². The molecule has 0 aromatic carbocycles. The zero-order valence-corrected chi connectivity index (χ0v) is 6.72. The van der Waals surface area contributed by atoms with Gasteiger partial charge in [0.2, 0.25) is 0 Å². The van der Waals surface area contributed by atoms with Crippen LogP contribution < -0.4 is 5.32 Å². The van der Waals surface area contributed by atoms with E-state index in [-0.39, 0.29) is 12.2 Å². The molecule has 1 aromatic heterocycles. The average Bonchev–Trinajstić information content (AvgIpc) is 2.06. The van der Waals surface area contributed by atoms with Crippen molar-refractivity contribution in [2.24, 2.45) is 0 Å². The monoisotopic (exact) mass is 172 g/mol. The van der Waals surface area contributed by atoms with Crippen molar-refractivity contribution in [1.29, 1.82) is 0 Å². The lowest BCUT2D eigenvalue weighted by Gasteiger charge is -2.14. The summed E-state index contributed by atoms with van der Waals surface area (Å²) in [5, 5.41) is 2.42. The molecule has 0 atom stereocenters. The summed E-state index contributed by atoms with van der Waals surface area (Å²) in [7, 11) is 1.48. The molecule has 0 aliphatic heterocycles. The highest BCUT2D eigenvalue weighted by Crippen LogP contribution is 2.24. The molecule has 0 fully saturated rings. The third-order valence-electron chi connectivity index (χ3n) is 1.44. The molecule has 0 unspecified atom stereocenters. The van der Waals surface area contributed by atoms with E-state index in [1.807, 2.05) is 0 Å². The first-order valence-corrected chi connectivity index (χ1v) is 3.61. The summed E-state index contributed by atoms with van der Waals surface area (Å²) in [6, 6.07) is 4.47. The van der Waals surface area contributed by atoms with E-state index in [1.165, 1.54) is 19.3 Å². The van der Waals surface area contributed by atoms with Gasteiger partial charge in [-0.05, 0) is 19.2 Å². The van der Waals surface area contributed by atoms with Crippen LogP contribution in [0.1, 0.15) is 5.69 Å². The first-order chi connectivity index (χ1) is 5.67. The molecule has 12 heavy (non-hydrogen) atoms. The maximum atomic E-state index is 13.0. The number of alkyl halides is 2. The fraction of sp³-hybridized carbons (Fsp3) is 0.375. The molecule has 1 heterocycles. The van der Waals surface area contributed by atoms with E-state index >= 15 is 0 Å². The molecule has 1 rings (SSSR count). The van der Waals surface area contributed by atoms with Gasteiger partial charge in [0.1, 0.15) is 5.69 Å². The molecular formula is C8H10F2N2. The zero-order chi connectivity index (χ0) is 9.03. The van der Waals surface area contributed by atoms with Crippen LogP contribution in [0.5, 0.6) is 0 Å². The number of aromatic nitrogens is 1. The van der Waals surface area contributed by atoms with Crippen LogP contribution in [-0.4, -0.2) is 18.6 Å². The Labute approximate surface area is 69.6 Å². The number of pyridine rings is 1. The summed E-state index contributed by atoms with van der Waals surface area (Å²) in [6.45, 7) is -0.385. The lowest BCUT2D eigenvalue weighted by Crippen LogP contribution is -2.28. The van der Waals surface area contributed by atoms with Gasteiger partial charge in [-0.25, -0.2) is 0 Å². The minimum Gasteiger partial charge on any atom is -0.314 e. The van der Waals surface area contributed by atoms with E-state index < -0.39 is 5.92 Å². The Hall–Kier alpha value is -1.03. The molecule has 0 aliphatic rings. The van der Waals surface area contributed by atoms with Gasteiger partial charge in [-0.1, -0.05) is 6.07 Å². The van der Waals surface area contributed by atoms with E-state index in [0.717, 1.165) is 0 Å². The van der Waals surface area contributed by atoms with Crippen LogP contribution in [0.25, 0.3) is 0 Å². The van der Waals surface area contributed by atoms with Gasteiger partial charge in [0.05, 0.1) is 6.54 Å². The van der Waals surface area contributed by atoms with Crippen molar-refractivity contribution >= 4 is 0 Å². The van der Waals surface area contributed by atoms with Gasteiger partial charge in [-0.3, -0.25) is 4.98 Å². The van der Waals surface area contributed by atoms with Gasteiger partial charge in [0.25, 0.3) is 0 Å². The van der Waals surface area contributed by atoms with Crippen molar-refractivity contribution in [2.45, 2.75) is 5.92 Å². The van der Waals surface area contributed by atoms with Crippen molar-refractivity contribution in [1.82, 2.24) is 10.3 Å². The summed E-state index contributed by atoms with van der Waals surface area (Å²) >= 11 is 0. The molecule has 1 aromatic rings. The van der Waals surface area contributed by atoms with Crippen molar-refractivity contribution in [3.63, 3.8) is 0 Å². The number of nitrogens with zero attached hydrogens (tertiary/aromatic N) is 1. The van der Waals surface area contributed by atoms with Crippen LogP contribution in [0, 0.1) is 0 Å². The number of nitrogens with one attached hydrogen (secondary N) is 1. The number of likely N-dealkylation sites (N-methyl/N-ethyl adjacent to an activating group) is 1. The zero-order valence-electron chi connectivity index (χ0n) is 6.72. The van der Waals surface area contributed by atoms with Crippen LogP contribution in [0.2, 0.25) is 0 Å². The fourth-order valence-corrected chi connectivity index (χ4v) is 0.892. The molecule has 1 N–H and O–H groups in total. The standard InChI is InChI=1S/C8H10F2N2/c1-11-6-8(9,10)7-4-2-3-5-12-7/h2-5,11H,6H2,1H3. The molecule has 0 saturated heterocycles. The largest absolute Gasteiger partial charge is 0.314 e. The fourth-order valence-electron chi connectivity index (χ4n) is 0.892. The molecule has 0 amide bonds. The van der Waals surface area contributed by atoms with E-state index in [1.54, 1.807) is 12.1 Å². The Balaban J connectivity index is 2.82. The summed E-state index contributed by atoms with van der Waals surface area (Å²) in [6.07, 6.45) is 1.36. The maximum Gasteiger partial charge on any atom is 0.301 e. The average molecular weight is 172 g/mol. The second-order valence-electron chi connectivity index (χ2n) is 2.45. The minimum atomic E-state index is -2.88. The summed E-state index contributed by atoms with van der Waals surface area (Å²) in [4.78, 5) is 3.58. The molecule has 66 valence electrons. The summed E-state index contributed by atoms with van der Waals surface area (Å²) < 4.78 is 26.1. The van der Waals surface area contributed by atoms with Gasteiger partial charge >= 0.3 is 5.92 Å². The van der Waals surface area contributed by atoms with E-state index in [9.17, 15) is 8.78 Å². The smallest absolute Gasteiger partial charge is 0.301 e. The van der Waals surface area contributed by atoms with Crippen LogP contribution in [-0.2, 0) is 5.92 Å². The highest BCUT2D eigenvalue weighted by atomic mass is 19.3. The Morgan fingerprint density at radius 2 is 2.25 bits per heavy atom. The van der Waals surface area contributed by atoms with E-state index in [2.05, 4.69) is 10.3 Å². The number of hydrogen-bond acceptors (Lipinski definition) is 2. The van der Waals surface area contributed by atoms with Crippen molar-refractivity contribution in [3.8, 4) is 0 Å². The first kappa shape index (κ1) is 9.06. The number of rotatable bonds is 3. The molecule has 0 aliphatic carbocycles. The first-order valence-electron chi connectivity index (χ1n) is 3.61. The second kappa shape index (κ2) is 3.58. The highest BCUT2D eigenvalue weighted by Gasteiger charge is 2.31. The lowest BCUT2D eigenvalue weighted by molar-refractivity contribution is -0.00572. The molecule has 0 bridgehead atoms.